The number of benzene rings is 3. The van der Waals surface area contributed by atoms with Gasteiger partial charge < -0.3 is 14.6 Å². The first-order chi connectivity index (χ1) is 19.6. The largest absolute Gasteiger partial charge is 0.508 e. The highest BCUT2D eigenvalue weighted by molar-refractivity contribution is 7.22. The maximum absolute atomic E-state index is 14.1. The van der Waals surface area contributed by atoms with Crippen molar-refractivity contribution in [3.63, 3.8) is 0 Å². The van der Waals surface area contributed by atoms with Gasteiger partial charge in [-0.3, -0.25) is 14.4 Å². The number of phenols is 1. The van der Waals surface area contributed by atoms with Crippen LogP contribution in [0.5, 0.6) is 17.2 Å². The van der Waals surface area contributed by atoms with Crippen LogP contribution in [0.15, 0.2) is 79.1 Å². The lowest BCUT2D eigenvalue weighted by molar-refractivity contribution is 0.104. The summed E-state index contributed by atoms with van der Waals surface area (Å²) in [4.78, 5) is 17.4. The van der Waals surface area contributed by atoms with Crippen LogP contribution in [-0.4, -0.2) is 52.4 Å². The summed E-state index contributed by atoms with van der Waals surface area (Å²) in [6, 6.07) is 20.6. The first-order valence-corrected chi connectivity index (χ1v) is 14.3. The second kappa shape index (κ2) is 11.5. The van der Waals surface area contributed by atoms with Crippen molar-refractivity contribution in [2.75, 3.05) is 26.8 Å². The van der Waals surface area contributed by atoms with E-state index in [0.29, 0.717) is 24.3 Å². The molecule has 1 fully saturated rings. The lowest BCUT2D eigenvalue weighted by Crippen LogP contribution is -2.19. The van der Waals surface area contributed by atoms with Gasteiger partial charge in [0.25, 0.3) is 0 Å². The molecule has 2 aromatic heterocycles. The maximum atomic E-state index is 14.1. The van der Waals surface area contributed by atoms with Crippen molar-refractivity contribution in [1.82, 2.24) is 14.7 Å². The molecule has 40 heavy (non-hydrogen) atoms. The average Bonchev–Trinajstić information content (AvgIpc) is 3.75. The van der Waals surface area contributed by atoms with Gasteiger partial charge in [0.2, 0.25) is 0 Å². The summed E-state index contributed by atoms with van der Waals surface area (Å²) in [6.45, 7) is 4.17. The van der Waals surface area contributed by atoms with E-state index in [0.717, 1.165) is 57.2 Å². The minimum atomic E-state index is -0.0717. The number of aromatic hydroxyl groups is 1. The highest BCUT2D eigenvalue weighted by atomic mass is 32.1. The molecular formula is C32H31N3O4S. The van der Waals surface area contributed by atoms with Crippen LogP contribution in [0.1, 0.15) is 34.3 Å². The zero-order valence-electron chi connectivity index (χ0n) is 22.4. The molecule has 0 bridgehead atoms. The second-order valence-electron chi connectivity index (χ2n) is 9.97. The molecule has 1 aliphatic heterocycles. The zero-order valence-corrected chi connectivity index (χ0v) is 23.2. The Hall–Kier alpha value is -4.14. The summed E-state index contributed by atoms with van der Waals surface area (Å²) >= 11 is 1.50. The Balaban J connectivity index is 1.30. The van der Waals surface area contributed by atoms with Crippen LogP contribution in [0.25, 0.3) is 20.5 Å². The Morgan fingerprint density at radius 1 is 1.05 bits per heavy atom. The van der Waals surface area contributed by atoms with E-state index in [1.807, 2.05) is 65.5 Å². The van der Waals surface area contributed by atoms with E-state index in [4.69, 9.17) is 9.47 Å². The lowest BCUT2D eigenvalue weighted by Gasteiger charge is -2.17. The molecule has 0 radical (unpaired) electrons. The van der Waals surface area contributed by atoms with Crippen molar-refractivity contribution in [2.45, 2.75) is 25.9 Å². The summed E-state index contributed by atoms with van der Waals surface area (Å²) in [7, 11) is 1.66. The third kappa shape index (κ3) is 5.46. The molecule has 0 unspecified atom stereocenters. The van der Waals surface area contributed by atoms with Crippen LogP contribution >= 0.6 is 11.3 Å². The molecule has 0 saturated carbocycles. The molecule has 0 atom stereocenters. The van der Waals surface area contributed by atoms with Gasteiger partial charge in [-0.1, -0.05) is 12.1 Å². The Bertz CT molecular complexity index is 1620. The SMILES string of the molecule is COc1cc(C(=O)c2c(-c3ccc(OCCn4cccn4)cc3)sc3cc(O)ccc23)ccc1CN1CCCC1. The fraction of sp³-hybridized carbons (Fsp3) is 0.250. The van der Waals surface area contributed by atoms with E-state index in [9.17, 15) is 9.90 Å². The van der Waals surface area contributed by atoms with Crippen LogP contribution in [0.3, 0.4) is 0 Å². The number of nitrogens with zero attached hydrogens (tertiary/aromatic N) is 3. The van der Waals surface area contributed by atoms with E-state index >= 15 is 0 Å². The molecule has 6 rings (SSSR count). The molecule has 1 N–H and O–H groups in total. The topological polar surface area (TPSA) is 76.8 Å². The highest BCUT2D eigenvalue weighted by Gasteiger charge is 2.23. The van der Waals surface area contributed by atoms with Crippen molar-refractivity contribution < 1.29 is 19.4 Å². The molecular weight excluding hydrogens is 522 g/mol. The number of hydrogen-bond acceptors (Lipinski definition) is 7. The number of likely N-dealkylation sites (tertiary alicyclic amines) is 1. The molecule has 1 aliphatic rings. The smallest absolute Gasteiger partial charge is 0.195 e. The number of ketones is 1. The van der Waals surface area contributed by atoms with E-state index in [-0.39, 0.29) is 11.5 Å². The van der Waals surface area contributed by atoms with Gasteiger partial charge in [-0.2, -0.15) is 5.10 Å². The zero-order chi connectivity index (χ0) is 27.5. The van der Waals surface area contributed by atoms with Crippen molar-refractivity contribution in [3.8, 4) is 27.7 Å². The number of fused-ring (bicyclic) bond motifs is 1. The lowest BCUT2D eigenvalue weighted by atomic mass is 9.96. The maximum Gasteiger partial charge on any atom is 0.195 e. The Labute approximate surface area is 237 Å². The number of carbonyl (C=O) groups excluding carboxylic acids is 1. The van der Waals surface area contributed by atoms with Crippen LogP contribution in [-0.2, 0) is 13.1 Å². The first-order valence-electron chi connectivity index (χ1n) is 13.5. The van der Waals surface area contributed by atoms with Gasteiger partial charge >= 0.3 is 0 Å². The molecule has 204 valence electrons. The standard InChI is InChI=1S/C32H31N3O4S/c1-38-28-19-23(5-6-24(28)21-34-14-2-3-15-34)31(37)30-27-12-9-25(36)20-29(27)40-32(30)22-7-10-26(11-8-22)39-18-17-35-16-4-13-33-35/h4-13,16,19-20,36H,2-3,14-15,17-18,21H2,1H3. The number of phenolic OH excluding ortho intramolecular Hbond substituents is 1. The Kier molecular flexibility index (Phi) is 7.53. The molecule has 0 amide bonds. The van der Waals surface area contributed by atoms with Crippen molar-refractivity contribution >= 4 is 27.2 Å². The molecule has 0 aliphatic carbocycles. The number of thiophene rings is 1. The van der Waals surface area contributed by atoms with Gasteiger partial charge in [0.15, 0.2) is 5.78 Å². The quantitative estimate of drug-likeness (QED) is 0.202. The molecule has 8 heteroatoms. The van der Waals surface area contributed by atoms with Crippen molar-refractivity contribution in [3.05, 3.63) is 95.8 Å². The van der Waals surface area contributed by atoms with Gasteiger partial charge in [-0.15, -0.1) is 11.3 Å². The predicted molar refractivity (Wildman–Crippen MR) is 158 cm³/mol. The van der Waals surface area contributed by atoms with Gasteiger partial charge in [-0.05, 0) is 86.1 Å². The van der Waals surface area contributed by atoms with Gasteiger partial charge in [0, 0.05) is 50.6 Å². The summed E-state index contributed by atoms with van der Waals surface area (Å²) in [5, 5.41) is 15.2. The van der Waals surface area contributed by atoms with Gasteiger partial charge in [0.05, 0.1) is 13.7 Å². The second-order valence-corrected chi connectivity index (χ2v) is 11.0. The van der Waals surface area contributed by atoms with E-state index in [1.165, 1.54) is 24.2 Å². The van der Waals surface area contributed by atoms with E-state index < -0.39 is 0 Å². The van der Waals surface area contributed by atoms with E-state index in [2.05, 4.69) is 10.00 Å². The van der Waals surface area contributed by atoms with Crippen molar-refractivity contribution in [1.29, 1.82) is 0 Å². The molecule has 7 nitrogen and oxygen atoms in total. The Morgan fingerprint density at radius 2 is 1.88 bits per heavy atom. The number of carbonyl (C=O) groups is 1. The van der Waals surface area contributed by atoms with Gasteiger partial charge in [0.1, 0.15) is 23.9 Å². The normalized spacial score (nSPS) is 13.6. The predicted octanol–water partition coefficient (Wildman–Crippen LogP) is 6.38. The molecule has 3 heterocycles. The fourth-order valence-electron chi connectivity index (χ4n) is 5.25. The van der Waals surface area contributed by atoms with Crippen LogP contribution < -0.4 is 9.47 Å². The third-order valence-electron chi connectivity index (χ3n) is 7.31. The molecule has 3 aromatic carbocycles. The van der Waals surface area contributed by atoms with Crippen LogP contribution in [0.4, 0.5) is 0 Å². The summed E-state index contributed by atoms with van der Waals surface area (Å²) in [5.41, 5.74) is 3.21. The van der Waals surface area contributed by atoms with E-state index in [1.54, 1.807) is 25.4 Å². The molecule has 0 spiro atoms. The first kappa shape index (κ1) is 26.1. The number of ether oxygens (including phenoxy) is 2. The minimum Gasteiger partial charge on any atom is -0.508 e. The summed E-state index contributed by atoms with van der Waals surface area (Å²) in [5.74, 6) is 1.58. The van der Waals surface area contributed by atoms with Crippen LogP contribution in [0, 0.1) is 0 Å². The van der Waals surface area contributed by atoms with Crippen LogP contribution in [0.2, 0.25) is 0 Å². The monoisotopic (exact) mass is 553 g/mol. The molecule has 1 saturated heterocycles. The van der Waals surface area contributed by atoms with Gasteiger partial charge in [-0.25, -0.2) is 0 Å². The third-order valence-corrected chi connectivity index (χ3v) is 8.51. The Morgan fingerprint density at radius 3 is 2.62 bits per heavy atom. The minimum absolute atomic E-state index is 0.0717. The summed E-state index contributed by atoms with van der Waals surface area (Å²) < 4.78 is 14.3. The molecule has 5 aromatic rings. The number of rotatable bonds is 10. The van der Waals surface area contributed by atoms with Crippen molar-refractivity contribution in [2.24, 2.45) is 0 Å². The fourth-order valence-corrected chi connectivity index (χ4v) is 6.49. The average molecular weight is 554 g/mol. The number of hydrogen-bond donors (Lipinski definition) is 1. The summed E-state index contributed by atoms with van der Waals surface area (Å²) in [6.07, 6.45) is 6.10. The number of methoxy groups -OCH3 is 1. The highest BCUT2D eigenvalue weighted by Crippen LogP contribution is 2.42. The number of aromatic nitrogens is 2.